The zero-order valence-corrected chi connectivity index (χ0v) is 10.8. The number of aromatic nitrogens is 2. The molecule has 2 saturated heterocycles. The summed E-state index contributed by atoms with van der Waals surface area (Å²) in [5.41, 5.74) is 1.52. The lowest BCUT2D eigenvalue weighted by Gasteiger charge is -2.36. The standard InChI is InChI=1S/C13H19N3O2/c1-8-5-12(14-15(8)2)13(18)16-9-3-4-10(16)7-11(17)6-9/h5,9-11,17H,3-4,6-7H2,1-2H3. The van der Waals surface area contributed by atoms with Gasteiger partial charge < -0.3 is 10.0 Å². The normalized spacial score (nSPS) is 30.8. The van der Waals surface area contributed by atoms with E-state index in [1.807, 2.05) is 24.9 Å². The van der Waals surface area contributed by atoms with Crippen molar-refractivity contribution < 1.29 is 9.90 Å². The van der Waals surface area contributed by atoms with Crippen LogP contribution in [0.2, 0.25) is 0 Å². The number of aryl methyl sites for hydroxylation is 2. The fourth-order valence-electron chi connectivity index (χ4n) is 3.28. The highest BCUT2D eigenvalue weighted by Gasteiger charge is 2.43. The van der Waals surface area contributed by atoms with Crippen molar-refractivity contribution in [2.75, 3.05) is 0 Å². The summed E-state index contributed by atoms with van der Waals surface area (Å²) in [6, 6.07) is 2.24. The number of nitrogens with zero attached hydrogens (tertiary/aromatic N) is 3. The maximum atomic E-state index is 12.5. The maximum Gasteiger partial charge on any atom is 0.274 e. The second-order valence-corrected chi connectivity index (χ2v) is 5.52. The van der Waals surface area contributed by atoms with Gasteiger partial charge in [-0.15, -0.1) is 0 Å². The van der Waals surface area contributed by atoms with Gasteiger partial charge in [-0.05, 0) is 38.7 Å². The second kappa shape index (κ2) is 4.09. The third-order valence-corrected chi connectivity index (χ3v) is 4.28. The average molecular weight is 249 g/mol. The Balaban J connectivity index is 1.85. The molecule has 1 amide bonds. The summed E-state index contributed by atoms with van der Waals surface area (Å²) in [5, 5.41) is 14.0. The van der Waals surface area contributed by atoms with Crippen LogP contribution in [0.3, 0.4) is 0 Å². The highest BCUT2D eigenvalue weighted by atomic mass is 16.3. The Morgan fingerprint density at radius 1 is 1.39 bits per heavy atom. The summed E-state index contributed by atoms with van der Waals surface area (Å²) in [6.07, 6.45) is 3.22. The zero-order valence-electron chi connectivity index (χ0n) is 10.8. The van der Waals surface area contributed by atoms with Gasteiger partial charge in [0.2, 0.25) is 0 Å². The highest BCUT2D eigenvalue weighted by molar-refractivity contribution is 5.93. The molecule has 1 aromatic rings. The Kier molecular flexibility index (Phi) is 2.66. The van der Waals surface area contributed by atoms with E-state index < -0.39 is 0 Å². The third kappa shape index (κ3) is 1.73. The summed E-state index contributed by atoms with van der Waals surface area (Å²) in [7, 11) is 1.85. The SMILES string of the molecule is Cc1cc(C(=O)N2C3CCC2CC(O)C3)nn1C. The van der Waals surface area contributed by atoms with Crippen LogP contribution in [0.15, 0.2) is 6.07 Å². The van der Waals surface area contributed by atoms with Gasteiger partial charge in [-0.25, -0.2) is 0 Å². The van der Waals surface area contributed by atoms with Crippen LogP contribution in [-0.2, 0) is 7.05 Å². The van der Waals surface area contributed by atoms with Crippen molar-refractivity contribution in [3.05, 3.63) is 17.5 Å². The molecule has 18 heavy (non-hydrogen) atoms. The van der Waals surface area contributed by atoms with Gasteiger partial charge in [-0.1, -0.05) is 0 Å². The van der Waals surface area contributed by atoms with Crippen LogP contribution in [0.25, 0.3) is 0 Å². The van der Waals surface area contributed by atoms with Gasteiger partial charge in [-0.3, -0.25) is 9.48 Å². The van der Waals surface area contributed by atoms with Crippen LogP contribution < -0.4 is 0 Å². The van der Waals surface area contributed by atoms with Crippen LogP contribution in [0, 0.1) is 6.92 Å². The molecule has 0 spiro atoms. The molecule has 0 radical (unpaired) electrons. The minimum atomic E-state index is -0.239. The Labute approximate surface area is 106 Å². The van der Waals surface area contributed by atoms with Crippen LogP contribution >= 0.6 is 0 Å². The number of rotatable bonds is 1. The number of piperidine rings is 1. The predicted octanol–water partition coefficient (Wildman–Crippen LogP) is 0.856. The van der Waals surface area contributed by atoms with Crippen molar-refractivity contribution in [1.29, 1.82) is 0 Å². The summed E-state index contributed by atoms with van der Waals surface area (Å²) in [5.74, 6) is 0.0260. The largest absolute Gasteiger partial charge is 0.393 e. The number of fused-ring (bicyclic) bond motifs is 2. The highest BCUT2D eigenvalue weighted by Crippen LogP contribution is 2.36. The summed E-state index contributed by atoms with van der Waals surface area (Å²) in [4.78, 5) is 14.5. The Morgan fingerprint density at radius 3 is 2.50 bits per heavy atom. The number of carbonyl (C=O) groups is 1. The lowest BCUT2D eigenvalue weighted by Crippen LogP contribution is -2.48. The van der Waals surface area contributed by atoms with E-state index in [0.717, 1.165) is 18.5 Å². The van der Waals surface area contributed by atoms with Crippen molar-refractivity contribution in [3.63, 3.8) is 0 Å². The molecule has 2 bridgehead atoms. The van der Waals surface area contributed by atoms with Crippen molar-refractivity contribution in [3.8, 4) is 0 Å². The number of amides is 1. The first-order chi connectivity index (χ1) is 8.56. The molecule has 0 aromatic carbocycles. The average Bonchev–Trinajstić information content (AvgIpc) is 2.78. The van der Waals surface area contributed by atoms with Crippen molar-refractivity contribution >= 4 is 5.91 Å². The molecular weight excluding hydrogens is 230 g/mol. The topological polar surface area (TPSA) is 58.4 Å². The van der Waals surface area contributed by atoms with E-state index >= 15 is 0 Å². The number of carbonyl (C=O) groups excluding carboxylic acids is 1. The van der Waals surface area contributed by atoms with E-state index in [9.17, 15) is 9.90 Å². The monoisotopic (exact) mass is 249 g/mol. The molecule has 5 nitrogen and oxygen atoms in total. The lowest BCUT2D eigenvalue weighted by molar-refractivity contribution is 0.0282. The zero-order chi connectivity index (χ0) is 12.9. The second-order valence-electron chi connectivity index (χ2n) is 5.52. The van der Waals surface area contributed by atoms with Gasteiger partial charge in [0.05, 0.1) is 6.10 Å². The van der Waals surface area contributed by atoms with Crippen LogP contribution in [0.1, 0.15) is 41.9 Å². The third-order valence-electron chi connectivity index (χ3n) is 4.28. The van der Waals surface area contributed by atoms with Crippen LogP contribution in [-0.4, -0.2) is 43.9 Å². The molecule has 3 heterocycles. The number of aliphatic hydroxyl groups excluding tert-OH is 1. The van der Waals surface area contributed by atoms with Crippen LogP contribution in [0.5, 0.6) is 0 Å². The van der Waals surface area contributed by atoms with Crippen LogP contribution in [0.4, 0.5) is 0 Å². The first-order valence-electron chi connectivity index (χ1n) is 6.57. The molecule has 2 atom stereocenters. The summed E-state index contributed by atoms with van der Waals surface area (Å²) in [6.45, 7) is 1.94. The molecular formula is C13H19N3O2. The minimum Gasteiger partial charge on any atom is -0.393 e. The van der Waals surface area contributed by atoms with Gasteiger partial charge in [-0.2, -0.15) is 5.10 Å². The fraction of sp³-hybridized carbons (Fsp3) is 0.692. The quantitative estimate of drug-likeness (QED) is 0.803. The summed E-state index contributed by atoms with van der Waals surface area (Å²) < 4.78 is 1.73. The van der Waals surface area contributed by atoms with E-state index in [4.69, 9.17) is 0 Å². The smallest absolute Gasteiger partial charge is 0.274 e. The molecule has 2 aliphatic heterocycles. The van der Waals surface area contributed by atoms with E-state index in [0.29, 0.717) is 18.5 Å². The van der Waals surface area contributed by atoms with Gasteiger partial charge in [0.25, 0.3) is 5.91 Å². The molecule has 5 heteroatoms. The van der Waals surface area contributed by atoms with Crippen molar-refractivity contribution in [2.24, 2.45) is 7.05 Å². The molecule has 0 aliphatic carbocycles. The van der Waals surface area contributed by atoms with E-state index in [2.05, 4.69) is 5.10 Å². The molecule has 0 saturated carbocycles. The number of aliphatic hydroxyl groups is 1. The molecule has 2 aliphatic rings. The first kappa shape index (κ1) is 11.7. The maximum absolute atomic E-state index is 12.5. The van der Waals surface area contributed by atoms with Gasteiger partial charge in [0.1, 0.15) is 0 Å². The summed E-state index contributed by atoms with van der Waals surface area (Å²) >= 11 is 0. The van der Waals surface area contributed by atoms with Crippen molar-refractivity contribution in [2.45, 2.75) is 50.8 Å². The predicted molar refractivity (Wildman–Crippen MR) is 66.2 cm³/mol. The molecule has 98 valence electrons. The van der Waals surface area contributed by atoms with Gasteiger partial charge >= 0.3 is 0 Å². The number of hydrogen-bond acceptors (Lipinski definition) is 3. The lowest BCUT2D eigenvalue weighted by atomic mass is 9.99. The Morgan fingerprint density at radius 2 is 2.00 bits per heavy atom. The van der Waals surface area contributed by atoms with Crippen molar-refractivity contribution in [1.82, 2.24) is 14.7 Å². The first-order valence-corrected chi connectivity index (χ1v) is 6.57. The fourth-order valence-corrected chi connectivity index (χ4v) is 3.28. The molecule has 1 N–H and O–H groups in total. The van der Waals surface area contributed by atoms with Gasteiger partial charge in [0.15, 0.2) is 5.69 Å². The molecule has 3 rings (SSSR count). The minimum absolute atomic E-state index is 0.0260. The van der Waals surface area contributed by atoms with E-state index in [-0.39, 0.29) is 24.1 Å². The molecule has 2 fully saturated rings. The molecule has 2 unspecified atom stereocenters. The molecule has 1 aromatic heterocycles. The van der Waals surface area contributed by atoms with Gasteiger partial charge in [0, 0.05) is 24.8 Å². The Bertz CT molecular complexity index is 449. The van der Waals surface area contributed by atoms with E-state index in [1.165, 1.54) is 0 Å². The van der Waals surface area contributed by atoms with E-state index in [1.54, 1.807) is 4.68 Å². The number of hydrogen-bond donors (Lipinski definition) is 1. The Hall–Kier alpha value is -1.36.